The van der Waals surface area contributed by atoms with Crippen molar-refractivity contribution in [2.45, 2.75) is 32.9 Å². The number of hydrogen-bond donors (Lipinski definition) is 1. The third-order valence-electron chi connectivity index (χ3n) is 6.12. The van der Waals surface area contributed by atoms with Gasteiger partial charge in [0.15, 0.2) is 5.72 Å². The lowest BCUT2D eigenvalue weighted by molar-refractivity contribution is -0.0843. The molecular weight excluding hydrogens is 308 g/mol. The van der Waals surface area contributed by atoms with Gasteiger partial charge in [0.1, 0.15) is 10.7 Å². The Morgan fingerprint density at radius 3 is 2.78 bits per heavy atom. The summed E-state index contributed by atoms with van der Waals surface area (Å²) in [6.45, 7) is 6.59. The van der Waals surface area contributed by atoms with Gasteiger partial charge >= 0.3 is 0 Å². The fraction of sp³-hybridized carbons (Fsp3) is 0.556. The number of ether oxygens (including phenoxy) is 1. The Balaban J connectivity index is 1.70. The SMILES string of the molecule is COc1ccccc1C(=S)N1N=C(C)[C@@H]2[C@@H]3[C@H](C[C@]21O)C3(C)C. The molecule has 2 fully saturated rings. The van der Waals surface area contributed by atoms with E-state index in [0.29, 0.717) is 28.0 Å². The van der Waals surface area contributed by atoms with Crippen LogP contribution in [0.3, 0.4) is 0 Å². The molecule has 0 bridgehead atoms. The average Bonchev–Trinajstić information content (AvgIpc) is 2.83. The molecule has 1 heterocycles. The van der Waals surface area contributed by atoms with Gasteiger partial charge in [0, 0.05) is 12.1 Å². The number of methoxy groups -OCH3 is 1. The summed E-state index contributed by atoms with van der Waals surface area (Å²) in [5.74, 6) is 1.84. The van der Waals surface area contributed by atoms with Crippen LogP contribution >= 0.6 is 12.2 Å². The molecule has 1 aliphatic heterocycles. The van der Waals surface area contributed by atoms with E-state index in [9.17, 15) is 5.11 Å². The zero-order chi connectivity index (χ0) is 16.6. The van der Waals surface area contributed by atoms with Gasteiger partial charge in [-0.15, -0.1) is 0 Å². The van der Waals surface area contributed by atoms with Gasteiger partial charge in [0.05, 0.1) is 18.6 Å². The number of hydrogen-bond acceptors (Lipinski definition) is 4. The second-order valence-corrected chi connectivity index (χ2v) is 7.96. The Morgan fingerprint density at radius 1 is 1.39 bits per heavy atom. The molecule has 2 aliphatic carbocycles. The highest BCUT2D eigenvalue weighted by molar-refractivity contribution is 7.80. The minimum Gasteiger partial charge on any atom is -0.496 e. The number of thiocarbonyl (C=S) groups is 1. The van der Waals surface area contributed by atoms with Crippen molar-refractivity contribution in [1.82, 2.24) is 5.01 Å². The Kier molecular flexibility index (Phi) is 2.98. The van der Waals surface area contributed by atoms with Crippen LogP contribution in [-0.4, -0.2) is 33.7 Å². The normalized spacial score (nSPS) is 36.3. The Hall–Kier alpha value is -1.46. The van der Waals surface area contributed by atoms with Crippen LogP contribution in [0.4, 0.5) is 0 Å². The summed E-state index contributed by atoms with van der Waals surface area (Å²) in [6.07, 6.45) is 0.728. The first-order valence-electron chi connectivity index (χ1n) is 8.07. The molecule has 122 valence electrons. The lowest BCUT2D eigenvalue weighted by Crippen LogP contribution is -2.50. The largest absolute Gasteiger partial charge is 0.496 e. The molecule has 0 unspecified atom stereocenters. The van der Waals surface area contributed by atoms with Gasteiger partial charge in [0.2, 0.25) is 0 Å². The van der Waals surface area contributed by atoms with Crippen molar-refractivity contribution in [2.24, 2.45) is 28.3 Å². The summed E-state index contributed by atoms with van der Waals surface area (Å²) in [7, 11) is 1.63. The van der Waals surface area contributed by atoms with Crippen molar-refractivity contribution in [3.05, 3.63) is 29.8 Å². The highest BCUT2D eigenvalue weighted by Crippen LogP contribution is 2.73. The molecule has 0 aromatic heterocycles. The maximum absolute atomic E-state index is 11.4. The van der Waals surface area contributed by atoms with Crippen molar-refractivity contribution in [1.29, 1.82) is 0 Å². The van der Waals surface area contributed by atoms with Crippen molar-refractivity contribution >= 4 is 22.9 Å². The van der Waals surface area contributed by atoms with Crippen LogP contribution in [0, 0.1) is 23.2 Å². The number of benzene rings is 1. The van der Waals surface area contributed by atoms with E-state index in [1.165, 1.54) is 0 Å². The third-order valence-corrected chi connectivity index (χ3v) is 6.51. The summed E-state index contributed by atoms with van der Waals surface area (Å²) in [4.78, 5) is 0.533. The van der Waals surface area contributed by atoms with E-state index in [4.69, 9.17) is 17.0 Å². The molecule has 4 nitrogen and oxygen atoms in total. The second-order valence-electron chi connectivity index (χ2n) is 7.57. The van der Waals surface area contributed by atoms with Gasteiger partial charge in [-0.05, 0) is 36.3 Å². The molecule has 0 saturated heterocycles. The van der Waals surface area contributed by atoms with Crippen LogP contribution in [0.5, 0.6) is 5.75 Å². The van der Waals surface area contributed by atoms with E-state index in [0.717, 1.165) is 17.7 Å². The molecule has 1 N–H and O–H groups in total. The lowest BCUT2D eigenvalue weighted by atomic mass is 9.84. The minimum absolute atomic E-state index is 0.0788. The van der Waals surface area contributed by atoms with Crippen molar-refractivity contribution < 1.29 is 9.84 Å². The van der Waals surface area contributed by atoms with E-state index in [2.05, 4.69) is 18.9 Å². The first kappa shape index (κ1) is 15.1. The molecule has 1 aromatic carbocycles. The number of rotatable bonds is 2. The molecule has 23 heavy (non-hydrogen) atoms. The number of fused-ring (bicyclic) bond motifs is 3. The van der Waals surface area contributed by atoms with Crippen LogP contribution in [0.25, 0.3) is 0 Å². The smallest absolute Gasteiger partial charge is 0.168 e. The van der Waals surface area contributed by atoms with Crippen molar-refractivity contribution in [3.63, 3.8) is 0 Å². The highest BCUT2D eigenvalue weighted by atomic mass is 32.1. The van der Waals surface area contributed by atoms with E-state index < -0.39 is 5.72 Å². The molecule has 0 amide bonds. The molecule has 0 radical (unpaired) electrons. The third kappa shape index (κ3) is 1.81. The molecule has 4 rings (SSSR count). The molecule has 2 saturated carbocycles. The van der Waals surface area contributed by atoms with Gasteiger partial charge in [-0.25, -0.2) is 5.01 Å². The van der Waals surface area contributed by atoms with Crippen LogP contribution in [-0.2, 0) is 0 Å². The van der Waals surface area contributed by atoms with E-state index in [1.807, 2.05) is 31.2 Å². The van der Waals surface area contributed by atoms with Crippen LogP contribution in [0.2, 0.25) is 0 Å². The zero-order valence-electron chi connectivity index (χ0n) is 13.9. The standard InChI is InChI=1S/C18H22N2O2S/c1-10-14-15-12(17(15,2)3)9-18(14,21)20(19-10)16(23)11-7-5-6-8-13(11)22-4/h5-8,12,14-15,21H,9H2,1-4H3/t12-,14+,15-,18-/m0/s1. The van der Waals surface area contributed by atoms with Crippen LogP contribution < -0.4 is 4.74 Å². The van der Waals surface area contributed by atoms with Gasteiger partial charge in [-0.3, -0.25) is 0 Å². The Bertz CT molecular complexity index is 729. The Morgan fingerprint density at radius 2 is 2.09 bits per heavy atom. The van der Waals surface area contributed by atoms with Gasteiger partial charge < -0.3 is 9.84 Å². The summed E-state index contributed by atoms with van der Waals surface area (Å²) < 4.78 is 5.42. The molecular formula is C18H22N2O2S. The maximum Gasteiger partial charge on any atom is 0.168 e. The summed E-state index contributed by atoms with van der Waals surface area (Å²) >= 11 is 5.67. The quantitative estimate of drug-likeness (QED) is 0.847. The number of nitrogens with zero attached hydrogens (tertiary/aromatic N) is 2. The minimum atomic E-state index is -0.979. The Labute approximate surface area is 142 Å². The van der Waals surface area contributed by atoms with Crippen LogP contribution in [0.15, 0.2) is 29.4 Å². The first-order chi connectivity index (χ1) is 10.8. The molecule has 4 atom stereocenters. The number of para-hydroxylation sites is 1. The molecule has 3 aliphatic rings. The van der Waals surface area contributed by atoms with Crippen molar-refractivity contribution in [2.75, 3.05) is 7.11 Å². The average molecular weight is 330 g/mol. The van der Waals surface area contributed by atoms with Crippen molar-refractivity contribution in [3.8, 4) is 5.75 Å². The lowest BCUT2D eigenvalue weighted by Gasteiger charge is -2.36. The topological polar surface area (TPSA) is 45.1 Å². The van der Waals surface area contributed by atoms with E-state index in [1.54, 1.807) is 12.1 Å². The predicted molar refractivity (Wildman–Crippen MR) is 93.5 cm³/mol. The summed E-state index contributed by atoms with van der Waals surface area (Å²) in [5.41, 5.74) is 1.11. The molecule has 5 heteroatoms. The highest BCUT2D eigenvalue weighted by Gasteiger charge is 2.75. The van der Waals surface area contributed by atoms with Gasteiger partial charge in [-0.2, -0.15) is 5.10 Å². The maximum atomic E-state index is 11.4. The second kappa shape index (κ2) is 4.54. The molecule has 1 aromatic rings. The predicted octanol–water partition coefficient (Wildman–Crippen LogP) is 3.04. The molecule has 0 spiro atoms. The monoisotopic (exact) mass is 330 g/mol. The summed E-state index contributed by atoms with van der Waals surface area (Å²) in [6, 6.07) is 7.63. The van der Waals surface area contributed by atoms with Gasteiger partial charge in [-0.1, -0.05) is 38.2 Å². The van der Waals surface area contributed by atoms with Crippen LogP contribution in [0.1, 0.15) is 32.8 Å². The number of aliphatic hydroxyl groups is 1. The zero-order valence-corrected chi connectivity index (χ0v) is 14.7. The van der Waals surface area contributed by atoms with E-state index >= 15 is 0 Å². The fourth-order valence-electron chi connectivity index (χ4n) is 4.85. The van der Waals surface area contributed by atoms with E-state index in [-0.39, 0.29) is 5.92 Å². The number of hydrazone groups is 1. The first-order valence-corrected chi connectivity index (χ1v) is 8.48. The fourth-order valence-corrected chi connectivity index (χ4v) is 5.22. The van der Waals surface area contributed by atoms with Gasteiger partial charge in [0.25, 0.3) is 0 Å². The summed E-state index contributed by atoms with van der Waals surface area (Å²) in [5, 5.41) is 17.7.